The molecule has 5 atom stereocenters. The summed E-state index contributed by atoms with van der Waals surface area (Å²) >= 11 is 0. The molecule has 2 aromatic rings. The number of ether oxygens (including phenoxy) is 4. The van der Waals surface area contributed by atoms with Gasteiger partial charge in [0.2, 0.25) is 23.6 Å². The van der Waals surface area contributed by atoms with Crippen molar-refractivity contribution in [3.05, 3.63) is 71.8 Å². The van der Waals surface area contributed by atoms with Crippen LogP contribution in [0.15, 0.2) is 60.7 Å². The van der Waals surface area contributed by atoms with Crippen LogP contribution in [0.1, 0.15) is 78.9 Å². The van der Waals surface area contributed by atoms with Gasteiger partial charge in [-0.2, -0.15) is 0 Å². The predicted octanol–water partition coefficient (Wildman–Crippen LogP) is 3.23. The van der Waals surface area contributed by atoms with E-state index in [1.54, 1.807) is 6.92 Å². The van der Waals surface area contributed by atoms with Gasteiger partial charge in [0.15, 0.2) is 18.1 Å². The standard InChI is InChI=1S/C48H67N5O10/c1-9-24-62-47(6,7)46(59)61-32-53(41(54)30-52-22-25-60-26-23-52)40(21-20-35-16-12-10-13-17-35)45(58)51-38(28-34(4)5)43(56)50-39(29-36-18-14-11-15-19-36)44(57)49-37(27-33(2)3)42(55)48(8)31-63-48/h1,10-19,33-34,37-40H,20-32H2,2-8H3,(H,49,57)(H,50,56)(H,51,58)/t37-,38-,39-,40-,48+/m0/s1. The summed E-state index contributed by atoms with van der Waals surface area (Å²) in [7, 11) is 0. The average Bonchev–Trinajstić information content (AvgIpc) is 4.01. The number of nitrogens with zero attached hydrogens (tertiary/aromatic N) is 2. The minimum Gasteiger partial charge on any atom is -0.442 e. The highest BCUT2D eigenvalue weighted by Gasteiger charge is 2.50. The highest BCUT2D eigenvalue weighted by Crippen LogP contribution is 2.30. The molecule has 15 nitrogen and oxygen atoms in total. The van der Waals surface area contributed by atoms with E-state index in [0.717, 1.165) is 11.1 Å². The lowest BCUT2D eigenvalue weighted by atomic mass is 9.93. The molecule has 0 aliphatic carbocycles. The highest BCUT2D eigenvalue weighted by atomic mass is 16.6. The first-order valence-corrected chi connectivity index (χ1v) is 21.9. The van der Waals surface area contributed by atoms with Crippen LogP contribution >= 0.6 is 0 Å². The molecular weight excluding hydrogens is 807 g/mol. The van der Waals surface area contributed by atoms with Gasteiger partial charge in [-0.15, -0.1) is 6.42 Å². The number of rotatable bonds is 25. The van der Waals surface area contributed by atoms with Crippen LogP contribution in [0.5, 0.6) is 0 Å². The Bertz CT molecular complexity index is 1870. The maximum Gasteiger partial charge on any atom is 0.339 e. The molecule has 2 aromatic carbocycles. The van der Waals surface area contributed by atoms with E-state index in [-0.39, 0.29) is 56.6 Å². The van der Waals surface area contributed by atoms with Crippen molar-refractivity contribution in [3.8, 4) is 12.3 Å². The number of carbonyl (C=O) groups is 6. The molecule has 0 aromatic heterocycles. The van der Waals surface area contributed by atoms with E-state index in [1.165, 1.54) is 18.7 Å². The second-order valence-electron chi connectivity index (χ2n) is 17.9. The van der Waals surface area contributed by atoms with Crippen LogP contribution in [-0.4, -0.2) is 133 Å². The van der Waals surface area contributed by atoms with Crippen molar-refractivity contribution in [2.24, 2.45) is 11.8 Å². The zero-order valence-electron chi connectivity index (χ0n) is 38.0. The van der Waals surface area contributed by atoms with Crippen molar-refractivity contribution in [1.82, 2.24) is 25.8 Å². The van der Waals surface area contributed by atoms with Crippen LogP contribution < -0.4 is 16.0 Å². The number of esters is 1. The summed E-state index contributed by atoms with van der Waals surface area (Å²) in [4.78, 5) is 87.7. The Morgan fingerprint density at radius 3 is 1.94 bits per heavy atom. The van der Waals surface area contributed by atoms with Crippen LogP contribution in [0.25, 0.3) is 0 Å². The van der Waals surface area contributed by atoms with Crippen molar-refractivity contribution in [2.75, 3.05) is 52.8 Å². The van der Waals surface area contributed by atoms with Gasteiger partial charge in [-0.25, -0.2) is 4.79 Å². The number of hydrogen-bond donors (Lipinski definition) is 3. The van der Waals surface area contributed by atoms with Crippen molar-refractivity contribution < 1.29 is 47.7 Å². The van der Waals surface area contributed by atoms with Crippen LogP contribution in [-0.2, 0) is 60.6 Å². The SMILES string of the molecule is C#CCOC(C)(C)C(=O)OCN(C(=O)CN1CCOCC1)[C@@H](CCc1ccccc1)C(=O)N[C@@H](CC(C)C)C(=O)N[C@@H](Cc1ccccc1)C(=O)N[C@@H](CC(C)C)C(=O)[C@@]1(C)CO1. The predicted molar refractivity (Wildman–Crippen MR) is 237 cm³/mol. The molecule has 0 radical (unpaired) electrons. The lowest BCUT2D eigenvalue weighted by Crippen LogP contribution is -2.60. The minimum absolute atomic E-state index is 0.0707. The number of benzene rings is 2. The first-order chi connectivity index (χ1) is 29.9. The summed E-state index contributed by atoms with van der Waals surface area (Å²) in [5, 5.41) is 8.73. The number of terminal acetylenes is 1. The van der Waals surface area contributed by atoms with E-state index < -0.39 is 71.7 Å². The molecule has 0 spiro atoms. The molecule has 2 aliphatic rings. The fourth-order valence-corrected chi connectivity index (χ4v) is 7.23. The van der Waals surface area contributed by atoms with Gasteiger partial charge in [0.1, 0.15) is 30.3 Å². The smallest absolute Gasteiger partial charge is 0.339 e. The molecule has 15 heteroatoms. The van der Waals surface area contributed by atoms with E-state index in [2.05, 4.69) is 21.9 Å². The number of amides is 4. The van der Waals surface area contributed by atoms with Crippen LogP contribution in [0, 0.1) is 24.2 Å². The van der Waals surface area contributed by atoms with Gasteiger partial charge in [-0.3, -0.25) is 33.8 Å². The fourth-order valence-electron chi connectivity index (χ4n) is 7.23. The molecular formula is C48H67N5O10. The van der Waals surface area contributed by atoms with Gasteiger partial charge in [-0.05, 0) is 69.4 Å². The Morgan fingerprint density at radius 2 is 1.37 bits per heavy atom. The molecule has 2 aliphatic heterocycles. The molecule has 4 rings (SSSR count). The van der Waals surface area contributed by atoms with Gasteiger partial charge in [0.05, 0.1) is 32.4 Å². The molecule has 0 unspecified atom stereocenters. The van der Waals surface area contributed by atoms with Crippen molar-refractivity contribution >= 4 is 35.4 Å². The van der Waals surface area contributed by atoms with Crippen molar-refractivity contribution in [2.45, 2.75) is 116 Å². The first kappa shape index (κ1) is 50.5. The Morgan fingerprint density at radius 1 is 0.825 bits per heavy atom. The lowest BCUT2D eigenvalue weighted by Gasteiger charge is -2.35. The lowest BCUT2D eigenvalue weighted by molar-refractivity contribution is -0.175. The Balaban J connectivity index is 1.65. The maximum absolute atomic E-state index is 14.8. The Labute approximate surface area is 372 Å². The summed E-state index contributed by atoms with van der Waals surface area (Å²) in [6, 6.07) is 14.3. The number of ketones is 1. The third kappa shape index (κ3) is 16.2. The van der Waals surface area contributed by atoms with Crippen molar-refractivity contribution in [3.63, 3.8) is 0 Å². The van der Waals surface area contributed by atoms with Gasteiger partial charge in [-0.1, -0.05) is 94.3 Å². The van der Waals surface area contributed by atoms with E-state index in [1.807, 2.05) is 93.3 Å². The van der Waals surface area contributed by atoms with E-state index >= 15 is 0 Å². The zero-order chi connectivity index (χ0) is 46.2. The topological polar surface area (TPSA) is 185 Å². The van der Waals surface area contributed by atoms with Crippen molar-refractivity contribution in [1.29, 1.82) is 0 Å². The number of epoxide rings is 1. The molecule has 4 amide bonds. The average molecular weight is 874 g/mol. The third-order valence-electron chi connectivity index (χ3n) is 11.0. The number of carbonyl (C=O) groups excluding carboxylic acids is 6. The maximum atomic E-state index is 14.8. The quantitative estimate of drug-likeness (QED) is 0.0576. The molecule has 2 heterocycles. The minimum atomic E-state index is -1.46. The molecule has 0 bridgehead atoms. The van der Waals surface area contributed by atoms with Crippen LogP contribution in [0.3, 0.4) is 0 Å². The second kappa shape index (κ2) is 24.1. The number of hydrogen-bond acceptors (Lipinski definition) is 11. The monoisotopic (exact) mass is 873 g/mol. The number of morpholine rings is 1. The van der Waals surface area contributed by atoms with E-state index in [0.29, 0.717) is 39.1 Å². The normalized spacial score (nSPS) is 18.3. The summed E-state index contributed by atoms with van der Waals surface area (Å²) < 4.78 is 22.2. The number of aryl methyl sites for hydroxylation is 1. The fraction of sp³-hybridized carbons (Fsp3) is 0.583. The Hall–Kier alpha value is -5.14. The molecule has 2 fully saturated rings. The first-order valence-electron chi connectivity index (χ1n) is 21.9. The molecule has 3 N–H and O–H groups in total. The second-order valence-corrected chi connectivity index (χ2v) is 17.9. The van der Waals surface area contributed by atoms with Gasteiger partial charge >= 0.3 is 5.97 Å². The summed E-state index contributed by atoms with van der Waals surface area (Å²) in [5.41, 5.74) is -0.762. The summed E-state index contributed by atoms with van der Waals surface area (Å²) in [5.74, 6) is -1.01. The third-order valence-corrected chi connectivity index (χ3v) is 11.0. The largest absolute Gasteiger partial charge is 0.442 e. The van der Waals surface area contributed by atoms with Gasteiger partial charge in [0, 0.05) is 19.5 Å². The van der Waals surface area contributed by atoms with E-state index in [4.69, 9.17) is 25.4 Å². The van der Waals surface area contributed by atoms with Crippen LogP contribution in [0.4, 0.5) is 0 Å². The van der Waals surface area contributed by atoms with Gasteiger partial charge < -0.3 is 34.9 Å². The highest BCUT2D eigenvalue weighted by molar-refractivity contribution is 5.99. The Kier molecular flexibility index (Phi) is 19.3. The molecule has 0 saturated carbocycles. The molecule has 344 valence electrons. The molecule has 2 saturated heterocycles. The zero-order valence-corrected chi connectivity index (χ0v) is 38.0. The number of nitrogens with one attached hydrogen (secondary N) is 3. The summed E-state index contributed by atoms with van der Waals surface area (Å²) in [6.07, 6.45) is 6.51. The molecule has 63 heavy (non-hydrogen) atoms. The van der Waals surface area contributed by atoms with Crippen LogP contribution in [0.2, 0.25) is 0 Å². The van der Waals surface area contributed by atoms with Gasteiger partial charge in [0.25, 0.3) is 0 Å². The number of Topliss-reactive ketones (excluding diaryl/α,β-unsaturated/α-hetero) is 1. The van der Waals surface area contributed by atoms with E-state index in [9.17, 15) is 28.8 Å². The summed E-state index contributed by atoms with van der Waals surface area (Å²) in [6.45, 7) is 13.7.